The monoisotopic (exact) mass is 403 g/mol. The lowest BCUT2D eigenvalue weighted by molar-refractivity contribution is -0.131. The minimum Gasteiger partial charge on any atom is -0.354 e. The van der Waals surface area contributed by atoms with Gasteiger partial charge in [0.2, 0.25) is 11.8 Å². The molecule has 28 heavy (non-hydrogen) atoms. The fourth-order valence-corrected chi connectivity index (χ4v) is 5.19. The van der Waals surface area contributed by atoms with E-state index in [0.29, 0.717) is 17.9 Å². The van der Waals surface area contributed by atoms with E-state index in [1.807, 2.05) is 38.1 Å². The summed E-state index contributed by atoms with van der Waals surface area (Å²) in [4.78, 5) is 40.0. The van der Waals surface area contributed by atoms with Crippen molar-refractivity contribution in [1.82, 2.24) is 15.5 Å². The minimum absolute atomic E-state index is 0.0357. The third-order valence-electron chi connectivity index (χ3n) is 5.32. The van der Waals surface area contributed by atoms with Crippen LogP contribution < -0.4 is 10.6 Å². The van der Waals surface area contributed by atoms with Gasteiger partial charge in [0.1, 0.15) is 17.5 Å². The number of nitrogens with zero attached hydrogens (tertiary/aromatic N) is 1. The van der Waals surface area contributed by atoms with Crippen LogP contribution in [-0.2, 0) is 9.59 Å². The zero-order valence-corrected chi connectivity index (χ0v) is 17.6. The normalized spacial score (nSPS) is 21.4. The van der Waals surface area contributed by atoms with Gasteiger partial charge in [0.25, 0.3) is 5.91 Å². The molecule has 1 aromatic carbocycles. The van der Waals surface area contributed by atoms with Crippen molar-refractivity contribution in [1.29, 1.82) is 0 Å². The van der Waals surface area contributed by atoms with E-state index in [9.17, 15) is 14.4 Å². The Kier molecular flexibility index (Phi) is 6.65. The zero-order chi connectivity index (χ0) is 20.3. The van der Waals surface area contributed by atoms with E-state index >= 15 is 0 Å². The van der Waals surface area contributed by atoms with Gasteiger partial charge in [0.15, 0.2) is 0 Å². The molecule has 6 nitrogen and oxygen atoms in total. The number of carbonyl (C=O) groups is 3. The van der Waals surface area contributed by atoms with E-state index in [4.69, 9.17) is 0 Å². The molecule has 0 radical (unpaired) electrons. The predicted octanol–water partition coefficient (Wildman–Crippen LogP) is 2.70. The molecule has 2 N–H and O–H groups in total. The summed E-state index contributed by atoms with van der Waals surface area (Å²) in [7, 11) is 0. The summed E-state index contributed by atoms with van der Waals surface area (Å²) < 4.78 is 0. The van der Waals surface area contributed by atoms with E-state index in [1.165, 1.54) is 0 Å². The van der Waals surface area contributed by atoms with Crippen molar-refractivity contribution >= 4 is 29.5 Å². The van der Waals surface area contributed by atoms with Crippen LogP contribution >= 0.6 is 11.8 Å². The number of unbranched alkanes of at least 4 members (excludes halogenated alkanes) is 2. The van der Waals surface area contributed by atoms with Crippen LogP contribution in [0.2, 0.25) is 0 Å². The number of carbonyl (C=O) groups excluding carboxylic acids is 3. The maximum absolute atomic E-state index is 13.0. The topological polar surface area (TPSA) is 78.5 Å². The molecule has 0 saturated carbocycles. The highest BCUT2D eigenvalue weighted by Crippen LogP contribution is 2.48. The zero-order valence-electron chi connectivity index (χ0n) is 16.7. The molecule has 1 saturated heterocycles. The van der Waals surface area contributed by atoms with Gasteiger partial charge < -0.3 is 15.5 Å². The van der Waals surface area contributed by atoms with Crippen LogP contribution in [0.15, 0.2) is 24.3 Å². The second kappa shape index (κ2) is 8.99. The lowest BCUT2D eigenvalue weighted by Gasteiger charge is -2.27. The number of thioether (sulfide) groups is 1. The van der Waals surface area contributed by atoms with Crippen LogP contribution in [0.5, 0.6) is 0 Å². The molecular formula is C21H29N3O3S. The Morgan fingerprint density at radius 1 is 1.25 bits per heavy atom. The number of hydrogen-bond acceptors (Lipinski definition) is 4. The molecule has 152 valence electrons. The predicted molar refractivity (Wildman–Crippen MR) is 111 cm³/mol. The lowest BCUT2D eigenvalue weighted by atomic mass is 10.0. The average Bonchev–Trinajstić information content (AvgIpc) is 3.23. The fourth-order valence-electron chi connectivity index (χ4n) is 3.72. The van der Waals surface area contributed by atoms with Crippen molar-refractivity contribution in [2.45, 2.75) is 57.5 Å². The molecule has 3 amide bonds. The van der Waals surface area contributed by atoms with Crippen LogP contribution in [-0.4, -0.2) is 47.0 Å². The molecule has 3 rings (SSSR count). The van der Waals surface area contributed by atoms with Crippen LogP contribution in [0.25, 0.3) is 0 Å². The highest BCUT2D eigenvalue weighted by atomic mass is 32.2. The average molecular weight is 404 g/mol. The van der Waals surface area contributed by atoms with Gasteiger partial charge in [-0.15, -0.1) is 11.8 Å². The number of benzene rings is 1. The van der Waals surface area contributed by atoms with Gasteiger partial charge in [-0.2, -0.15) is 0 Å². The fraction of sp³-hybridized carbons (Fsp3) is 0.571. The van der Waals surface area contributed by atoms with E-state index in [1.54, 1.807) is 16.7 Å². The Balaban J connectivity index is 1.65. The summed E-state index contributed by atoms with van der Waals surface area (Å²) in [6.07, 6.45) is 3.09. The first-order chi connectivity index (χ1) is 13.5. The highest BCUT2D eigenvalue weighted by molar-refractivity contribution is 7.99. The van der Waals surface area contributed by atoms with E-state index in [0.717, 1.165) is 24.8 Å². The van der Waals surface area contributed by atoms with E-state index in [2.05, 4.69) is 17.6 Å². The molecule has 0 bridgehead atoms. The van der Waals surface area contributed by atoms with Gasteiger partial charge in [0, 0.05) is 17.9 Å². The van der Waals surface area contributed by atoms with Crippen LogP contribution in [0.1, 0.15) is 61.3 Å². The molecule has 0 aliphatic carbocycles. The first kappa shape index (κ1) is 20.7. The van der Waals surface area contributed by atoms with Gasteiger partial charge in [-0.3, -0.25) is 14.4 Å². The highest BCUT2D eigenvalue weighted by Gasteiger charge is 2.48. The molecule has 0 spiro atoms. The molecule has 2 aliphatic rings. The second-order valence-corrected chi connectivity index (χ2v) is 8.84. The maximum Gasteiger partial charge on any atom is 0.256 e. The Hall–Kier alpha value is -2.02. The summed E-state index contributed by atoms with van der Waals surface area (Å²) in [5.41, 5.74) is 1.65. The van der Waals surface area contributed by atoms with E-state index in [-0.39, 0.29) is 29.0 Å². The lowest BCUT2D eigenvalue weighted by Crippen LogP contribution is -2.55. The number of nitrogens with one attached hydrogen (secondary N) is 2. The number of rotatable bonds is 8. The van der Waals surface area contributed by atoms with Gasteiger partial charge in [-0.25, -0.2) is 0 Å². The number of amides is 3. The molecule has 2 aliphatic heterocycles. The third kappa shape index (κ3) is 4.04. The minimum atomic E-state index is -0.599. The Morgan fingerprint density at radius 2 is 2.00 bits per heavy atom. The van der Waals surface area contributed by atoms with Crippen LogP contribution in [0, 0.1) is 5.92 Å². The van der Waals surface area contributed by atoms with Crippen molar-refractivity contribution in [3.8, 4) is 0 Å². The van der Waals surface area contributed by atoms with Crippen molar-refractivity contribution in [2.24, 2.45) is 5.92 Å². The smallest absolute Gasteiger partial charge is 0.256 e. The molecule has 2 heterocycles. The SMILES string of the molecule is CCCCCNC(=O)[C@@H](NC(=O)[C@@H]1CS[C@H]2c3ccccc3C(=O)N12)C(C)C. The standard InChI is InChI=1S/C21H29N3O3S/c1-4-5-8-11-22-19(26)17(13(2)3)23-18(25)16-12-28-21-15-10-7-6-9-14(15)20(27)24(16)21/h6-7,9-10,13,16-17,21H,4-5,8,11-12H2,1-3H3,(H,22,26)(H,23,25)/t16-,17-,21-/m0/s1. The summed E-state index contributed by atoms with van der Waals surface area (Å²) in [5, 5.41) is 5.71. The largest absolute Gasteiger partial charge is 0.354 e. The number of fused-ring (bicyclic) bond motifs is 3. The van der Waals surface area contributed by atoms with E-state index < -0.39 is 12.1 Å². The second-order valence-electron chi connectivity index (χ2n) is 7.73. The van der Waals surface area contributed by atoms with Crippen molar-refractivity contribution in [3.63, 3.8) is 0 Å². The Bertz CT molecular complexity index is 752. The molecular weight excluding hydrogens is 374 g/mol. The van der Waals surface area contributed by atoms with Crippen molar-refractivity contribution < 1.29 is 14.4 Å². The summed E-state index contributed by atoms with van der Waals surface area (Å²) in [6.45, 7) is 6.57. The Morgan fingerprint density at radius 3 is 2.71 bits per heavy atom. The molecule has 3 atom stereocenters. The first-order valence-electron chi connectivity index (χ1n) is 10.1. The quantitative estimate of drug-likeness (QED) is 0.654. The number of hydrogen-bond donors (Lipinski definition) is 2. The molecule has 0 aromatic heterocycles. The van der Waals surface area contributed by atoms with Crippen LogP contribution in [0.3, 0.4) is 0 Å². The van der Waals surface area contributed by atoms with Gasteiger partial charge in [-0.05, 0) is 24.0 Å². The summed E-state index contributed by atoms with van der Waals surface area (Å²) in [5.74, 6) is -0.00181. The third-order valence-corrected chi connectivity index (χ3v) is 6.63. The molecule has 1 aromatic rings. The summed E-state index contributed by atoms with van der Waals surface area (Å²) in [6, 6.07) is 6.37. The molecule has 7 heteroatoms. The van der Waals surface area contributed by atoms with Gasteiger partial charge >= 0.3 is 0 Å². The van der Waals surface area contributed by atoms with Crippen LogP contribution in [0.4, 0.5) is 0 Å². The molecule has 0 unspecified atom stereocenters. The van der Waals surface area contributed by atoms with Gasteiger partial charge in [-0.1, -0.05) is 51.8 Å². The summed E-state index contributed by atoms with van der Waals surface area (Å²) >= 11 is 1.60. The first-order valence-corrected chi connectivity index (χ1v) is 11.1. The van der Waals surface area contributed by atoms with Crippen molar-refractivity contribution in [3.05, 3.63) is 35.4 Å². The van der Waals surface area contributed by atoms with Crippen molar-refractivity contribution in [2.75, 3.05) is 12.3 Å². The maximum atomic E-state index is 13.0. The Labute approximate surface area is 170 Å². The molecule has 1 fully saturated rings. The van der Waals surface area contributed by atoms with Gasteiger partial charge in [0.05, 0.1) is 0 Å².